The maximum absolute atomic E-state index is 12.4. The number of carbonyl (C=O) groups excluding carboxylic acids is 1. The number of rotatable bonds is 3. The summed E-state index contributed by atoms with van der Waals surface area (Å²) in [5.41, 5.74) is 4.79. The number of benzene rings is 2. The molecule has 0 spiro atoms. The van der Waals surface area contributed by atoms with Crippen LogP contribution >= 0.6 is 0 Å². The summed E-state index contributed by atoms with van der Waals surface area (Å²) in [5.74, 6) is -0.339. The molecule has 124 valence electrons. The number of hydrogen-bond acceptors (Lipinski definition) is 3. The van der Waals surface area contributed by atoms with Gasteiger partial charge in [0.05, 0.1) is 34.4 Å². The number of fused-ring (bicyclic) bond motifs is 3. The summed E-state index contributed by atoms with van der Waals surface area (Å²) >= 11 is 0. The number of aromatic hydroxyl groups is 1. The van der Waals surface area contributed by atoms with E-state index in [0.717, 1.165) is 27.8 Å². The normalized spacial score (nSPS) is 11.1. The lowest BCUT2D eigenvalue weighted by atomic mass is 10.1. The number of nitrogens with zero attached hydrogens (tertiary/aromatic N) is 2. The highest BCUT2D eigenvalue weighted by Crippen LogP contribution is 2.20. The zero-order valence-corrected chi connectivity index (χ0v) is 13.7. The van der Waals surface area contributed by atoms with Gasteiger partial charge in [-0.05, 0) is 48.9 Å². The summed E-state index contributed by atoms with van der Waals surface area (Å²) < 4.78 is 2.06. The summed E-state index contributed by atoms with van der Waals surface area (Å²) in [6.07, 6.45) is 1.98. The van der Waals surface area contributed by atoms with Gasteiger partial charge in [0.1, 0.15) is 5.75 Å². The van der Waals surface area contributed by atoms with E-state index >= 15 is 0 Å². The Hall–Kier alpha value is -3.34. The molecule has 1 amide bonds. The maximum Gasteiger partial charge on any atom is 0.255 e. The van der Waals surface area contributed by atoms with Gasteiger partial charge in [0.25, 0.3) is 5.91 Å². The molecule has 0 bridgehead atoms. The van der Waals surface area contributed by atoms with Crippen molar-refractivity contribution in [3.63, 3.8) is 0 Å². The van der Waals surface area contributed by atoms with E-state index < -0.39 is 0 Å². The van der Waals surface area contributed by atoms with Crippen molar-refractivity contribution in [1.29, 1.82) is 0 Å². The molecular weight excluding hydrogens is 314 g/mol. The van der Waals surface area contributed by atoms with Gasteiger partial charge in [-0.15, -0.1) is 0 Å². The fraction of sp³-hybridized carbons (Fsp3) is 0.100. The number of phenolic OH excluding ortho intramolecular Hbond substituents is 1. The Morgan fingerprint density at radius 1 is 1.12 bits per heavy atom. The van der Waals surface area contributed by atoms with Gasteiger partial charge in [-0.2, -0.15) is 0 Å². The van der Waals surface area contributed by atoms with Crippen LogP contribution in [0, 0.1) is 6.92 Å². The average molecular weight is 331 g/mol. The van der Waals surface area contributed by atoms with Crippen LogP contribution in [0.5, 0.6) is 5.75 Å². The quantitative estimate of drug-likeness (QED) is 0.604. The number of para-hydroxylation sites is 2. The van der Waals surface area contributed by atoms with E-state index in [1.54, 1.807) is 18.2 Å². The van der Waals surface area contributed by atoms with Crippen LogP contribution in [0.15, 0.2) is 60.8 Å². The second-order valence-electron chi connectivity index (χ2n) is 6.01. The zero-order valence-electron chi connectivity index (χ0n) is 13.7. The number of aryl methyl sites for hydroxylation is 1. The fourth-order valence-electron chi connectivity index (χ4n) is 3.01. The number of hydrogen-bond donors (Lipinski definition) is 2. The summed E-state index contributed by atoms with van der Waals surface area (Å²) in [4.78, 5) is 17.1. The lowest BCUT2D eigenvalue weighted by Crippen LogP contribution is -2.23. The molecule has 0 aliphatic carbocycles. The average Bonchev–Trinajstić information content (AvgIpc) is 3.09. The predicted octanol–water partition coefficient (Wildman–Crippen LogP) is 3.43. The van der Waals surface area contributed by atoms with E-state index in [4.69, 9.17) is 0 Å². The Kier molecular flexibility index (Phi) is 3.61. The number of amides is 1. The van der Waals surface area contributed by atoms with Crippen LogP contribution in [0.3, 0.4) is 0 Å². The Balaban J connectivity index is 1.66. The summed E-state index contributed by atoms with van der Waals surface area (Å²) in [5, 5.41) is 12.8. The van der Waals surface area contributed by atoms with E-state index in [9.17, 15) is 9.90 Å². The molecule has 2 N–H and O–H groups in total. The predicted molar refractivity (Wildman–Crippen MR) is 96.7 cm³/mol. The minimum absolute atomic E-state index is 0.0168. The van der Waals surface area contributed by atoms with Crippen LogP contribution in [-0.2, 0) is 6.54 Å². The van der Waals surface area contributed by atoms with E-state index in [0.29, 0.717) is 0 Å². The van der Waals surface area contributed by atoms with E-state index in [1.165, 1.54) is 0 Å². The van der Waals surface area contributed by atoms with Crippen LogP contribution in [0.4, 0.5) is 0 Å². The van der Waals surface area contributed by atoms with Crippen LogP contribution in [0.1, 0.15) is 21.6 Å². The van der Waals surface area contributed by atoms with Crippen molar-refractivity contribution in [2.45, 2.75) is 13.5 Å². The van der Waals surface area contributed by atoms with Crippen molar-refractivity contribution >= 4 is 22.5 Å². The Morgan fingerprint density at radius 2 is 1.92 bits per heavy atom. The van der Waals surface area contributed by atoms with Gasteiger partial charge in [-0.1, -0.05) is 18.2 Å². The van der Waals surface area contributed by atoms with E-state index in [1.807, 2.05) is 49.5 Å². The monoisotopic (exact) mass is 331 g/mol. The number of carbonyl (C=O) groups is 1. The van der Waals surface area contributed by atoms with Crippen molar-refractivity contribution in [3.8, 4) is 5.75 Å². The van der Waals surface area contributed by atoms with Gasteiger partial charge < -0.3 is 14.8 Å². The molecule has 2 heterocycles. The molecule has 0 radical (unpaired) electrons. The third-order valence-electron chi connectivity index (χ3n) is 4.26. The first-order valence-electron chi connectivity index (χ1n) is 8.06. The first-order chi connectivity index (χ1) is 12.1. The van der Waals surface area contributed by atoms with Crippen molar-refractivity contribution < 1.29 is 9.90 Å². The number of nitrogens with one attached hydrogen (secondary N) is 1. The molecule has 0 unspecified atom stereocenters. The molecule has 2 aromatic heterocycles. The summed E-state index contributed by atoms with van der Waals surface area (Å²) in [6.45, 7) is 2.15. The molecule has 4 aromatic rings. The highest BCUT2D eigenvalue weighted by Gasteiger charge is 2.13. The molecule has 25 heavy (non-hydrogen) atoms. The molecule has 0 aliphatic heterocycles. The first-order valence-corrected chi connectivity index (χ1v) is 8.06. The molecule has 0 aliphatic rings. The van der Waals surface area contributed by atoms with Gasteiger partial charge in [0.15, 0.2) is 0 Å². The molecule has 0 saturated heterocycles. The van der Waals surface area contributed by atoms with E-state index in [-0.39, 0.29) is 23.8 Å². The van der Waals surface area contributed by atoms with Crippen molar-refractivity contribution in [3.05, 3.63) is 77.6 Å². The van der Waals surface area contributed by atoms with Crippen LogP contribution in [0.25, 0.3) is 16.6 Å². The second kappa shape index (κ2) is 5.94. The number of phenols is 1. The number of aromatic nitrogens is 2. The standard InChI is InChI=1S/C20H17N3O2/c1-13-8-9-14(19(24)11-13)20(25)21-12-16-18-7-4-10-23(18)17-6-3-2-5-15(17)22-16/h2-11,24H,12H2,1H3,(H,21,25). The highest BCUT2D eigenvalue weighted by atomic mass is 16.3. The highest BCUT2D eigenvalue weighted by molar-refractivity contribution is 5.97. The summed E-state index contributed by atoms with van der Waals surface area (Å²) in [6, 6.07) is 16.8. The van der Waals surface area contributed by atoms with E-state index in [2.05, 4.69) is 14.7 Å². The molecule has 5 heteroatoms. The minimum atomic E-state index is -0.322. The molecule has 2 aromatic carbocycles. The molecule has 4 rings (SSSR count). The lowest BCUT2D eigenvalue weighted by Gasteiger charge is -2.10. The third kappa shape index (κ3) is 2.70. The maximum atomic E-state index is 12.4. The Morgan fingerprint density at radius 3 is 2.76 bits per heavy atom. The van der Waals surface area contributed by atoms with Gasteiger partial charge in [0, 0.05) is 6.20 Å². The second-order valence-corrected chi connectivity index (χ2v) is 6.01. The van der Waals surface area contributed by atoms with Crippen molar-refractivity contribution in [1.82, 2.24) is 14.7 Å². The fourth-order valence-corrected chi connectivity index (χ4v) is 3.01. The van der Waals surface area contributed by atoms with Crippen LogP contribution in [-0.4, -0.2) is 20.4 Å². The van der Waals surface area contributed by atoms with Gasteiger partial charge in [-0.25, -0.2) is 4.98 Å². The van der Waals surface area contributed by atoms with Crippen LogP contribution in [0.2, 0.25) is 0 Å². The zero-order chi connectivity index (χ0) is 17.4. The molecular formula is C20H17N3O2. The van der Waals surface area contributed by atoms with Gasteiger partial charge in [-0.3, -0.25) is 4.79 Å². The van der Waals surface area contributed by atoms with Crippen LogP contribution < -0.4 is 5.32 Å². The molecule has 0 fully saturated rings. The Bertz CT molecular complexity index is 1100. The molecule has 5 nitrogen and oxygen atoms in total. The largest absolute Gasteiger partial charge is 0.507 e. The molecule has 0 saturated carbocycles. The van der Waals surface area contributed by atoms with Crippen molar-refractivity contribution in [2.75, 3.05) is 0 Å². The minimum Gasteiger partial charge on any atom is -0.507 e. The first kappa shape index (κ1) is 15.2. The SMILES string of the molecule is Cc1ccc(C(=O)NCc2nc3ccccc3n3cccc23)c(O)c1. The smallest absolute Gasteiger partial charge is 0.255 e. The lowest BCUT2D eigenvalue weighted by molar-refractivity contribution is 0.0948. The third-order valence-corrected chi connectivity index (χ3v) is 4.26. The summed E-state index contributed by atoms with van der Waals surface area (Å²) in [7, 11) is 0. The molecule has 0 atom stereocenters. The van der Waals surface area contributed by atoms with Gasteiger partial charge >= 0.3 is 0 Å². The van der Waals surface area contributed by atoms with Gasteiger partial charge in [0.2, 0.25) is 0 Å². The topological polar surface area (TPSA) is 66.6 Å². The van der Waals surface area contributed by atoms with Crippen molar-refractivity contribution in [2.24, 2.45) is 0 Å². The Labute approximate surface area is 144 Å².